The van der Waals surface area contributed by atoms with Crippen molar-refractivity contribution in [3.63, 3.8) is 0 Å². The molecule has 0 aliphatic carbocycles. The third kappa shape index (κ3) is 6.11. The number of aryl methyl sites for hydroxylation is 2. The van der Waals surface area contributed by atoms with Gasteiger partial charge in [-0.2, -0.15) is 5.26 Å². The van der Waals surface area contributed by atoms with Crippen LogP contribution >= 0.6 is 23.2 Å². The Morgan fingerprint density at radius 2 is 1.81 bits per heavy atom. The zero-order valence-corrected chi connectivity index (χ0v) is 18.6. The van der Waals surface area contributed by atoms with Gasteiger partial charge in [-0.05, 0) is 55.3 Å². The molecule has 1 amide bonds. The molecule has 1 N–H and O–H groups in total. The summed E-state index contributed by atoms with van der Waals surface area (Å²) in [7, 11) is 0. The molecule has 0 saturated heterocycles. The lowest BCUT2D eigenvalue weighted by Gasteiger charge is -2.13. The van der Waals surface area contributed by atoms with E-state index in [0.717, 1.165) is 16.7 Å². The summed E-state index contributed by atoms with van der Waals surface area (Å²) in [5.74, 6) is -0.184. The van der Waals surface area contributed by atoms with Gasteiger partial charge in [0.05, 0.1) is 5.02 Å². The fourth-order valence-electron chi connectivity index (χ4n) is 2.90. The second kappa shape index (κ2) is 10.2. The van der Waals surface area contributed by atoms with E-state index in [-0.39, 0.29) is 12.2 Å². The van der Waals surface area contributed by atoms with Crippen molar-refractivity contribution in [2.45, 2.75) is 20.5 Å². The van der Waals surface area contributed by atoms with Crippen molar-refractivity contribution >= 4 is 40.9 Å². The largest absolute Gasteiger partial charge is 0.487 e. The van der Waals surface area contributed by atoms with E-state index in [1.54, 1.807) is 18.2 Å². The highest BCUT2D eigenvalue weighted by Crippen LogP contribution is 2.34. The minimum atomic E-state index is -0.534. The van der Waals surface area contributed by atoms with Crippen molar-refractivity contribution in [2.75, 3.05) is 5.32 Å². The van der Waals surface area contributed by atoms with E-state index < -0.39 is 5.91 Å². The zero-order valence-electron chi connectivity index (χ0n) is 17.1. The molecule has 0 radical (unpaired) electrons. The Balaban J connectivity index is 1.88. The first-order valence-electron chi connectivity index (χ1n) is 9.53. The number of hydrogen-bond acceptors (Lipinski definition) is 3. The third-order valence-electron chi connectivity index (χ3n) is 4.48. The minimum Gasteiger partial charge on any atom is -0.487 e. The summed E-state index contributed by atoms with van der Waals surface area (Å²) in [6, 6.07) is 20.3. The number of rotatable bonds is 6. The van der Waals surface area contributed by atoms with Crippen LogP contribution in [0.1, 0.15) is 22.3 Å². The number of nitriles is 1. The van der Waals surface area contributed by atoms with Crippen LogP contribution in [-0.4, -0.2) is 5.91 Å². The highest BCUT2D eigenvalue weighted by molar-refractivity contribution is 6.36. The van der Waals surface area contributed by atoms with Crippen molar-refractivity contribution in [1.29, 1.82) is 5.26 Å². The fourth-order valence-corrected chi connectivity index (χ4v) is 3.47. The first-order chi connectivity index (χ1) is 14.9. The summed E-state index contributed by atoms with van der Waals surface area (Å²) in [5, 5.41) is 13.0. The van der Waals surface area contributed by atoms with Crippen molar-refractivity contribution in [3.8, 4) is 11.8 Å². The molecule has 0 heterocycles. The van der Waals surface area contributed by atoms with Gasteiger partial charge in [0.25, 0.3) is 5.91 Å². The Bertz CT molecular complexity index is 1180. The van der Waals surface area contributed by atoms with Crippen LogP contribution in [0.3, 0.4) is 0 Å². The molecular formula is C25H20Cl2N2O2. The van der Waals surface area contributed by atoms with Gasteiger partial charge >= 0.3 is 0 Å². The third-order valence-corrected chi connectivity index (χ3v) is 4.98. The molecule has 0 fully saturated rings. The summed E-state index contributed by atoms with van der Waals surface area (Å²) >= 11 is 12.5. The Hall–Kier alpha value is -3.26. The Labute approximate surface area is 191 Å². The number of anilines is 1. The highest BCUT2D eigenvalue weighted by Gasteiger charge is 2.15. The normalized spacial score (nSPS) is 11.0. The molecule has 6 heteroatoms. The quantitative estimate of drug-likeness (QED) is 0.334. The number of halogens is 2. The van der Waals surface area contributed by atoms with Crippen molar-refractivity contribution < 1.29 is 9.53 Å². The lowest BCUT2D eigenvalue weighted by molar-refractivity contribution is -0.112. The summed E-state index contributed by atoms with van der Waals surface area (Å²) in [5.41, 5.74) is 4.06. The maximum Gasteiger partial charge on any atom is 0.266 e. The molecule has 0 spiro atoms. The first kappa shape index (κ1) is 22.4. The average molecular weight is 451 g/mol. The second-order valence-corrected chi connectivity index (χ2v) is 7.92. The van der Waals surface area contributed by atoms with Gasteiger partial charge in [-0.15, -0.1) is 0 Å². The summed E-state index contributed by atoms with van der Waals surface area (Å²) in [6.45, 7) is 4.21. The molecule has 0 atom stereocenters. The molecule has 3 aromatic rings. The van der Waals surface area contributed by atoms with Gasteiger partial charge in [-0.3, -0.25) is 4.79 Å². The Morgan fingerprint density at radius 3 is 2.48 bits per heavy atom. The predicted molar refractivity (Wildman–Crippen MR) is 125 cm³/mol. The van der Waals surface area contributed by atoms with E-state index in [1.807, 2.05) is 62.4 Å². The van der Waals surface area contributed by atoms with Crippen LogP contribution < -0.4 is 10.1 Å². The molecule has 0 saturated carbocycles. The van der Waals surface area contributed by atoms with Gasteiger partial charge in [-0.1, -0.05) is 65.2 Å². The summed E-state index contributed by atoms with van der Waals surface area (Å²) in [4.78, 5) is 12.6. The van der Waals surface area contributed by atoms with E-state index in [4.69, 9.17) is 27.9 Å². The lowest BCUT2D eigenvalue weighted by atomic mass is 10.1. The number of nitrogens with one attached hydrogen (secondary N) is 1. The van der Waals surface area contributed by atoms with Crippen LogP contribution in [0.15, 0.2) is 66.2 Å². The van der Waals surface area contributed by atoms with Crippen molar-refractivity contribution in [2.24, 2.45) is 0 Å². The molecule has 3 aromatic carbocycles. The number of carbonyl (C=O) groups excluding carboxylic acids is 1. The minimum absolute atomic E-state index is 0.0972. The van der Waals surface area contributed by atoms with Crippen molar-refractivity contribution in [1.82, 2.24) is 0 Å². The molecule has 0 aliphatic heterocycles. The summed E-state index contributed by atoms with van der Waals surface area (Å²) < 4.78 is 5.93. The highest BCUT2D eigenvalue weighted by atomic mass is 35.5. The molecule has 31 heavy (non-hydrogen) atoms. The Morgan fingerprint density at radius 1 is 1.06 bits per heavy atom. The van der Waals surface area contributed by atoms with Crippen LogP contribution in [-0.2, 0) is 11.4 Å². The van der Waals surface area contributed by atoms with Crippen molar-refractivity contribution in [3.05, 3.63) is 98.5 Å². The van der Waals surface area contributed by atoms with Gasteiger partial charge in [0.2, 0.25) is 0 Å². The molecule has 0 aliphatic rings. The SMILES string of the molecule is Cc1ccc(COc2c(Cl)cc(Cl)cc2/C=C(\C#N)C(=O)Nc2cccc(C)c2)cc1. The van der Waals surface area contributed by atoms with Gasteiger partial charge in [0.15, 0.2) is 0 Å². The molecule has 0 unspecified atom stereocenters. The van der Waals surface area contributed by atoms with Gasteiger partial charge in [-0.25, -0.2) is 0 Å². The molecule has 0 aromatic heterocycles. The zero-order chi connectivity index (χ0) is 22.4. The topological polar surface area (TPSA) is 62.1 Å². The number of hydrogen-bond donors (Lipinski definition) is 1. The van der Waals surface area contributed by atoms with E-state index >= 15 is 0 Å². The van der Waals surface area contributed by atoms with Crippen LogP contribution in [0.2, 0.25) is 10.0 Å². The van der Waals surface area contributed by atoms with E-state index in [2.05, 4.69) is 5.32 Å². The molecule has 3 rings (SSSR count). The smallest absolute Gasteiger partial charge is 0.266 e. The van der Waals surface area contributed by atoms with Gasteiger partial charge in [0, 0.05) is 16.3 Å². The number of carbonyl (C=O) groups is 1. The molecular weight excluding hydrogens is 431 g/mol. The van der Waals surface area contributed by atoms with Crippen LogP contribution in [0.4, 0.5) is 5.69 Å². The van der Waals surface area contributed by atoms with Crippen LogP contribution in [0.5, 0.6) is 5.75 Å². The Kier molecular flexibility index (Phi) is 7.36. The van der Waals surface area contributed by atoms with Gasteiger partial charge < -0.3 is 10.1 Å². The molecule has 4 nitrogen and oxygen atoms in total. The molecule has 156 valence electrons. The second-order valence-electron chi connectivity index (χ2n) is 7.07. The van der Waals surface area contributed by atoms with Gasteiger partial charge in [0.1, 0.15) is 24.0 Å². The number of ether oxygens (including phenoxy) is 1. The lowest BCUT2D eigenvalue weighted by Crippen LogP contribution is -2.13. The maximum atomic E-state index is 12.6. The number of nitrogens with zero attached hydrogens (tertiary/aromatic N) is 1. The van der Waals surface area contributed by atoms with Crippen LogP contribution in [0, 0.1) is 25.2 Å². The fraction of sp³-hybridized carbons (Fsp3) is 0.120. The first-order valence-corrected chi connectivity index (χ1v) is 10.3. The number of benzene rings is 3. The van der Waals surface area contributed by atoms with Crippen LogP contribution in [0.25, 0.3) is 6.08 Å². The summed E-state index contributed by atoms with van der Waals surface area (Å²) in [6.07, 6.45) is 1.42. The van der Waals surface area contributed by atoms with E-state index in [9.17, 15) is 10.1 Å². The van der Waals surface area contributed by atoms with E-state index in [1.165, 1.54) is 6.08 Å². The monoisotopic (exact) mass is 450 g/mol. The standard InChI is InChI=1S/C25H20Cl2N2O2/c1-16-6-8-18(9-7-16)15-31-24-19(12-21(26)13-23(24)27)11-20(14-28)25(30)29-22-5-3-4-17(2)10-22/h3-13H,15H2,1-2H3,(H,29,30)/b20-11+. The van der Waals surface area contributed by atoms with E-state index in [0.29, 0.717) is 27.0 Å². The molecule has 0 bridgehead atoms. The number of amides is 1. The predicted octanol–water partition coefficient (Wildman–Crippen LogP) is 6.73. The maximum absolute atomic E-state index is 12.6. The average Bonchev–Trinajstić information content (AvgIpc) is 2.72.